The summed E-state index contributed by atoms with van der Waals surface area (Å²) in [6.07, 6.45) is 1.16. The first-order valence-electron chi connectivity index (χ1n) is 2.99. The highest BCUT2D eigenvalue weighted by Crippen LogP contribution is 2.11. The zero-order valence-corrected chi connectivity index (χ0v) is 6.68. The number of isocyanates is 1. The van der Waals surface area contributed by atoms with Crippen LogP contribution < -0.4 is 0 Å². The minimum atomic E-state index is -1.76. The van der Waals surface area contributed by atoms with Crippen molar-refractivity contribution in [2.24, 2.45) is 4.40 Å². The van der Waals surface area contributed by atoms with Crippen molar-refractivity contribution < 1.29 is 13.7 Å². The lowest BCUT2D eigenvalue weighted by molar-refractivity contribution is 0.563. The molecule has 0 heterocycles. The van der Waals surface area contributed by atoms with Crippen molar-refractivity contribution in [1.82, 2.24) is 0 Å². The lowest BCUT2D eigenvalue weighted by atomic mass is 10.4. The Labute approximate surface area is 71.2 Å². The summed E-state index contributed by atoms with van der Waals surface area (Å²) in [5.41, 5.74) is 0. The molecule has 5 heteroatoms. The Morgan fingerprint density at radius 3 is 2.50 bits per heavy atom. The van der Waals surface area contributed by atoms with Crippen LogP contribution in [0.2, 0.25) is 0 Å². The number of carbonyl (C=O) groups excluding carboxylic acids is 1. The lowest BCUT2D eigenvalue weighted by Crippen LogP contribution is -1.95. The molecule has 1 aromatic rings. The molecule has 0 saturated heterocycles. The summed E-state index contributed by atoms with van der Waals surface area (Å²) in [5.74, 6) is -0.425. The second-order valence-electron chi connectivity index (χ2n) is 1.89. The van der Waals surface area contributed by atoms with Crippen LogP contribution in [0.1, 0.15) is 0 Å². The van der Waals surface area contributed by atoms with E-state index in [2.05, 4.69) is 4.40 Å². The molecule has 0 spiro atoms. The van der Waals surface area contributed by atoms with Crippen LogP contribution in [-0.4, -0.2) is 10.6 Å². The maximum Gasteiger partial charge on any atom is 0.289 e. The molecule has 1 atom stereocenters. The molecule has 0 aliphatic rings. The van der Waals surface area contributed by atoms with Gasteiger partial charge in [-0.15, -0.1) is 0 Å². The quantitative estimate of drug-likeness (QED) is 0.394. The average Bonchev–Trinajstić information content (AvgIpc) is 2.06. The van der Waals surface area contributed by atoms with Crippen LogP contribution in [0, 0.1) is 5.82 Å². The highest BCUT2D eigenvalue weighted by atomic mass is 32.2. The molecule has 0 bridgehead atoms. The summed E-state index contributed by atoms with van der Waals surface area (Å²) >= 11 is -1.76. The van der Waals surface area contributed by atoms with Gasteiger partial charge in [-0.2, -0.15) is 0 Å². The van der Waals surface area contributed by atoms with Crippen molar-refractivity contribution in [2.45, 2.75) is 4.90 Å². The van der Waals surface area contributed by atoms with Crippen LogP contribution in [0.25, 0.3) is 0 Å². The maximum atomic E-state index is 12.3. The zero-order valence-electron chi connectivity index (χ0n) is 5.86. The van der Waals surface area contributed by atoms with Gasteiger partial charge in [0.25, 0.3) is 6.08 Å². The molecule has 0 fully saturated rings. The summed E-state index contributed by atoms with van der Waals surface area (Å²) in [6, 6.07) is 4.89. The number of hydrogen-bond donors (Lipinski definition) is 0. The van der Waals surface area contributed by atoms with Crippen molar-refractivity contribution >= 4 is 17.4 Å². The number of hydrogen-bond acceptors (Lipinski definition) is 3. The van der Waals surface area contributed by atoms with Gasteiger partial charge in [0.05, 0.1) is 0 Å². The molecule has 0 aliphatic carbocycles. The summed E-state index contributed by atoms with van der Waals surface area (Å²) in [5, 5.41) is 0. The molecular formula is C7H4FNO2S. The van der Waals surface area contributed by atoms with Crippen molar-refractivity contribution in [3.63, 3.8) is 0 Å². The van der Waals surface area contributed by atoms with Crippen LogP contribution in [0.3, 0.4) is 0 Å². The van der Waals surface area contributed by atoms with Crippen molar-refractivity contribution in [2.75, 3.05) is 0 Å². The predicted molar refractivity (Wildman–Crippen MR) is 40.9 cm³/mol. The van der Waals surface area contributed by atoms with E-state index in [-0.39, 0.29) is 4.90 Å². The molecule has 0 aliphatic heterocycles. The molecule has 0 N–H and O–H groups in total. The van der Waals surface area contributed by atoms with E-state index in [1.165, 1.54) is 12.1 Å². The fraction of sp³-hybridized carbons (Fsp3) is 0. The van der Waals surface area contributed by atoms with E-state index in [1.807, 2.05) is 0 Å². The van der Waals surface area contributed by atoms with Crippen molar-refractivity contribution in [3.05, 3.63) is 30.1 Å². The Hall–Kier alpha value is -1.16. The molecule has 1 unspecified atom stereocenters. The van der Waals surface area contributed by atoms with Crippen LogP contribution in [0.5, 0.6) is 0 Å². The third-order valence-electron chi connectivity index (χ3n) is 1.14. The summed E-state index contributed by atoms with van der Waals surface area (Å²) in [6.45, 7) is 0. The first kappa shape index (κ1) is 8.93. The molecule has 12 heavy (non-hydrogen) atoms. The van der Waals surface area contributed by atoms with Crippen LogP contribution in [0.15, 0.2) is 33.6 Å². The minimum absolute atomic E-state index is 0.278. The SMILES string of the molecule is O=C=N[S+]([O-])c1ccc(F)cc1. The third-order valence-corrected chi connectivity index (χ3v) is 2.05. The van der Waals surface area contributed by atoms with Gasteiger partial charge in [0, 0.05) is 4.40 Å². The Morgan fingerprint density at radius 1 is 1.42 bits per heavy atom. The molecular weight excluding hydrogens is 181 g/mol. The highest BCUT2D eigenvalue weighted by molar-refractivity contribution is 7.90. The fourth-order valence-electron chi connectivity index (χ4n) is 0.638. The van der Waals surface area contributed by atoms with Gasteiger partial charge >= 0.3 is 0 Å². The van der Waals surface area contributed by atoms with Gasteiger partial charge in [0.15, 0.2) is 4.90 Å². The minimum Gasteiger partial charge on any atom is -0.585 e. The van der Waals surface area contributed by atoms with Gasteiger partial charge < -0.3 is 4.55 Å². The van der Waals surface area contributed by atoms with E-state index in [0.29, 0.717) is 0 Å². The Balaban J connectivity index is 2.89. The first-order chi connectivity index (χ1) is 5.74. The number of nitrogens with zero attached hydrogens (tertiary/aromatic N) is 1. The van der Waals surface area contributed by atoms with E-state index in [9.17, 15) is 13.7 Å². The largest absolute Gasteiger partial charge is 0.585 e. The molecule has 0 aromatic heterocycles. The van der Waals surface area contributed by atoms with E-state index >= 15 is 0 Å². The van der Waals surface area contributed by atoms with E-state index in [1.54, 1.807) is 0 Å². The Morgan fingerprint density at radius 2 is 2.00 bits per heavy atom. The van der Waals surface area contributed by atoms with E-state index in [0.717, 1.165) is 18.2 Å². The smallest absolute Gasteiger partial charge is 0.289 e. The lowest BCUT2D eigenvalue weighted by Gasteiger charge is -1.98. The fourth-order valence-corrected chi connectivity index (χ4v) is 1.18. The van der Waals surface area contributed by atoms with Gasteiger partial charge in [-0.25, -0.2) is 9.18 Å². The molecule has 1 rings (SSSR count). The van der Waals surface area contributed by atoms with Gasteiger partial charge in [-0.3, -0.25) is 0 Å². The zero-order chi connectivity index (χ0) is 8.97. The van der Waals surface area contributed by atoms with Crippen molar-refractivity contribution in [3.8, 4) is 0 Å². The first-order valence-corrected chi connectivity index (χ1v) is 4.10. The Kier molecular flexibility index (Phi) is 2.99. The molecule has 0 saturated carbocycles. The van der Waals surface area contributed by atoms with Crippen molar-refractivity contribution in [1.29, 1.82) is 0 Å². The van der Waals surface area contributed by atoms with Gasteiger partial charge in [-0.05, 0) is 24.3 Å². The van der Waals surface area contributed by atoms with Gasteiger partial charge in [-0.1, -0.05) is 0 Å². The molecule has 3 nitrogen and oxygen atoms in total. The van der Waals surface area contributed by atoms with E-state index < -0.39 is 17.2 Å². The van der Waals surface area contributed by atoms with E-state index in [4.69, 9.17) is 0 Å². The molecule has 62 valence electrons. The number of halogens is 1. The van der Waals surface area contributed by atoms with Crippen LogP contribution >= 0.6 is 0 Å². The Bertz CT molecular complexity index is 308. The topological polar surface area (TPSA) is 52.5 Å². The monoisotopic (exact) mass is 185 g/mol. The standard InChI is InChI=1S/C7H4FNO2S/c8-6-1-3-7(4-2-6)12(11)9-5-10/h1-4H. The average molecular weight is 185 g/mol. The predicted octanol–water partition coefficient (Wildman–Crippen LogP) is 1.18. The normalized spacial score (nSPS) is 11.8. The third kappa shape index (κ3) is 2.17. The summed E-state index contributed by atoms with van der Waals surface area (Å²) in [7, 11) is 0. The summed E-state index contributed by atoms with van der Waals surface area (Å²) < 4.78 is 26.2. The number of rotatable bonds is 2. The van der Waals surface area contributed by atoms with Crippen LogP contribution in [0.4, 0.5) is 4.39 Å². The van der Waals surface area contributed by atoms with Crippen LogP contribution in [-0.2, 0) is 16.2 Å². The second kappa shape index (κ2) is 4.01. The summed E-state index contributed by atoms with van der Waals surface area (Å²) in [4.78, 5) is 9.97. The molecule has 0 amide bonds. The molecule has 0 radical (unpaired) electrons. The highest BCUT2D eigenvalue weighted by Gasteiger charge is 2.08. The molecule has 1 aromatic carbocycles. The maximum absolute atomic E-state index is 12.3. The van der Waals surface area contributed by atoms with Gasteiger partial charge in [0.1, 0.15) is 17.2 Å². The number of benzene rings is 1. The van der Waals surface area contributed by atoms with Gasteiger partial charge in [0.2, 0.25) is 0 Å². The second-order valence-corrected chi connectivity index (χ2v) is 3.04.